The van der Waals surface area contributed by atoms with E-state index in [-0.39, 0.29) is 0 Å². The monoisotopic (exact) mass is 163 g/mol. The van der Waals surface area contributed by atoms with Crippen molar-refractivity contribution in [2.24, 2.45) is 5.16 Å². The Balaban J connectivity index is 2.96. The van der Waals surface area contributed by atoms with Crippen LogP contribution in [0.4, 0.5) is 0 Å². The van der Waals surface area contributed by atoms with Gasteiger partial charge >= 0.3 is 0 Å². The molecule has 0 amide bonds. The van der Waals surface area contributed by atoms with Crippen molar-refractivity contribution in [1.82, 2.24) is 0 Å². The maximum atomic E-state index is 8.64. The Labute approximate surface area is 72.5 Å². The first-order valence-electron chi connectivity index (χ1n) is 4.06. The topological polar surface area (TPSA) is 32.6 Å². The van der Waals surface area contributed by atoms with Gasteiger partial charge in [-0.2, -0.15) is 0 Å². The van der Waals surface area contributed by atoms with Crippen LogP contribution in [0.15, 0.2) is 29.4 Å². The molecule has 0 aliphatic heterocycles. The second-order valence-electron chi connectivity index (χ2n) is 2.77. The predicted molar refractivity (Wildman–Crippen MR) is 49.8 cm³/mol. The largest absolute Gasteiger partial charge is 0.411 e. The Bertz CT molecular complexity index is 274. The number of hydrogen-bond donors (Lipinski definition) is 1. The zero-order chi connectivity index (χ0) is 8.97. The molecule has 0 aromatic heterocycles. The molecule has 0 atom stereocenters. The Morgan fingerprint density at radius 3 is 2.33 bits per heavy atom. The summed E-state index contributed by atoms with van der Waals surface area (Å²) in [6.07, 6.45) is 0.750. The standard InChI is InChI=1S/C10H13NO/c1-3-10(11-12)9-6-4-8(2)5-7-9/h4-7,12H,3H2,1-2H3/b11-10-. The predicted octanol–water partition coefficient (Wildman–Crippen LogP) is 2.58. The van der Waals surface area contributed by atoms with Crippen LogP contribution in [0, 0.1) is 6.92 Å². The maximum Gasteiger partial charge on any atom is 0.0865 e. The Kier molecular flexibility index (Phi) is 2.86. The summed E-state index contributed by atoms with van der Waals surface area (Å²) in [5, 5.41) is 11.9. The fourth-order valence-electron chi connectivity index (χ4n) is 1.08. The van der Waals surface area contributed by atoms with Crippen LogP contribution < -0.4 is 0 Å². The van der Waals surface area contributed by atoms with Crippen molar-refractivity contribution in [1.29, 1.82) is 0 Å². The van der Waals surface area contributed by atoms with Crippen molar-refractivity contribution in [3.05, 3.63) is 35.4 Å². The van der Waals surface area contributed by atoms with Crippen molar-refractivity contribution in [3.63, 3.8) is 0 Å². The van der Waals surface area contributed by atoms with Gasteiger partial charge in [0, 0.05) is 0 Å². The molecule has 0 heterocycles. The van der Waals surface area contributed by atoms with E-state index >= 15 is 0 Å². The first kappa shape index (κ1) is 8.78. The number of oxime groups is 1. The minimum Gasteiger partial charge on any atom is -0.411 e. The molecule has 0 unspecified atom stereocenters. The van der Waals surface area contributed by atoms with Crippen LogP contribution in [0.3, 0.4) is 0 Å². The molecule has 0 aliphatic rings. The van der Waals surface area contributed by atoms with Crippen LogP contribution in [0.25, 0.3) is 0 Å². The summed E-state index contributed by atoms with van der Waals surface area (Å²) in [4.78, 5) is 0. The third-order valence-electron chi connectivity index (χ3n) is 1.84. The van der Waals surface area contributed by atoms with Crippen LogP contribution in [0.1, 0.15) is 24.5 Å². The molecule has 2 heteroatoms. The van der Waals surface area contributed by atoms with Crippen LogP contribution >= 0.6 is 0 Å². The maximum absolute atomic E-state index is 8.64. The van der Waals surface area contributed by atoms with Crippen molar-refractivity contribution >= 4 is 5.71 Å². The summed E-state index contributed by atoms with van der Waals surface area (Å²) in [6.45, 7) is 4.00. The van der Waals surface area contributed by atoms with Gasteiger partial charge in [0.25, 0.3) is 0 Å². The molecule has 0 saturated heterocycles. The number of hydrogen-bond acceptors (Lipinski definition) is 2. The van der Waals surface area contributed by atoms with E-state index in [0.717, 1.165) is 17.7 Å². The Morgan fingerprint density at radius 2 is 1.92 bits per heavy atom. The summed E-state index contributed by atoms with van der Waals surface area (Å²) in [6, 6.07) is 7.95. The third kappa shape index (κ3) is 1.84. The summed E-state index contributed by atoms with van der Waals surface area (Å²) in [5.74, 6) is 0. The first-order chi connectivity index (χ1) is 5.77. The van der Waals surface area contributed by atoms with Crippen LogP contribution in [-0.4, -0.2) is 10.9 Å². The van der Waals surface area contributed by atoms with Gasteiger partial charge in [0.15, 0.2) is 0 Å². The third-order valence-corrected chi connectivity index (χ3v) is 1.84. The highest BCUT2D eigenvalue weighted by molar-refractivity contribution is 5.99. The van der Waals surface area contributed by atoms with Crippen LogP contribution in [0.2, 0.25) is 0 Å². The fraction of sp³-hybridized carbons (Fsp3) is 0.300. The van der Waals surface area contributed by atoms with Crippen LogP contribution in [0.5, 0.6) is 0 Å². The SMILES string of the molecule is CC/C(=N/O)c1ccc(C)cc1. The molecule has 1 rings (SSSR count). The van der Waals surface area contributed by atoms with Crippen molar-refractivity contribution in [2.45, 2.75) is 20.3 Å². The molecule has 64 valence electrons. The highest BCUT2D eigenvalue weighted by atomic mass is 16.4. The van der Waals surface area contributed by atoms with Gasteiger partial charge < -0.3 is 5.21 Å². The molecule has 1 N–H and O–H groups in total. The molecule has 0 bridgehead atoms. The van der Waals surface area contributed by atoms with Gasteiger partial charge in [-0.15, -0.1) is 0 Å². The number of nitrogens with zero attached hydrogens (tertiary/aromatic N) is 1. The second-order valence-corrected chi connectivity index (χ2v) is 2.77. The average Bonchev–Trinajstić information content (AvgIpc) is 2.10. The molecule has 2 nitrogen and oxygen atoms in total. The lowest BCUT2D eigenvalue weighted by molar-refractivity contribution is 0.318. The van der Waals surface area contributed by atoms with E-state index in [2.05, 4.69) is 5.16 Å². The van der Waals surface area contributed by atoms with E-state index in [1.807, 2.05) is 38.1 Å². The lowest BCUT2D eigenvalue weighted by atomic mass is 10.1. The number of benzene rings is 1. The molecular weight excluding hydrogens is 150 g/mol. The molecule has 1 aromatic rings. The quantitative estimate of drug-likeness (QED) is 0.405. The van der Waals surface area contributed by atoms with Gasteiger partial charge in [-0.05, 0) is 18.9 Å². The van der Waals surface area contributed by atoms with Crippen molar-refractivity contribution in [2.75, 3.05) is 0 Å². The molecule has 0 radical (unpaired) electrons. The molecular formula is C10H13NO. The van der Waals surface area contributed by atoms with E-state index in [1.54, 1.807) is 0 Å². The van der Waals surface area contributed by atoms with Gasteiger partial charge in [-0.3, -0.25) is 0 Å². The Hall–Kier alpha value is -1.31. The highest BCUT2D eigenvalue weighted by Crippen LogP contribution is 2.06. The smallest absolute Gasteiger partial charge is 0.0865 e. The summed E-state index contributed by atoms with van der Waals surface area (Å²) in [5.41, 5.74) is 2.94. The average molecular weight is 163 g/mol. The van der Waals surface area contributed by atoms with Gasteiger partial charge in [0.1, 0.15) is 0 Å². The minimum atomic E-state index is 0.731. The van der Waals surface area contributed by atoms with Crippen molar-refractivity contribution in [3.8, 4) is 0 Å². The molecule has 0 fully saturated rings. The Morgan fingerprint density at radius 1 is 1.33 bits per heavy atom. The van der Waals surface area contributed by atoms with Gasteiger partial charge in [0.2, 0.25) is 0 Å². The number of rotatable bonds is 2. The van der Waals surface area contributed by atoms with Crippen molar-refractivity contribution < 1.29 is 5.21 Å². The van der Waals surface area contributed by atoms with E-state index < -0.39 is 0 Å². The first-order valence-corrected chi connectivity index (χ1v) is 4.06. The molecule has 0 spiro atoms. The minimum absolute atomic E-state index is 0.731. The normalized spacial score (nSPS) is 11.7. The van der Waals surface area contributed by atoms with Gasteiger partial charge in [-0.25, -0.2) is 0 Å². The molecule has 0 saturated carbocycles. The van der Waals surface area contributed by atoms with Gasteiger partial charge in [0.05, 0.1) is 5.71 Å². The fourth-order valence-corrected chi connectivity index (χ4v) is 1.08. The second kappa shape index (κ2) is 3.90. The van der Waals surface area contributed by atoms with E-state index in [9.17, 15) is 0 Å². The lowest BCUT2D eigenvalue weighted by Gasteiger charge is -2.00. The van der Waals surface area contributed by atoms with E-state index in [0.29, 0.717) is 0 Å². The van der Waals surface area contributed by atoms with E-state index in [1.165, 1.54) is 5.56 Å². The summed E-state index contributed by atoms with van der Waals surface area (Å²) < 4.78 is 0. The molecule has 12 heavy (non-hydrogen) atoms. The summed E-state index contributed by atoms with van der Waals surface area (Å²) in [7, 11) is 0. The zero-order valence-electron chi connectivity index (χ0n) is 7.41. The van der Waals surface area contributed by atoms with E-state index in [4.69, 9.17) is 5.21 Å². The molecule has 0 aliphatic carbocycles. The highest BCUT2D eigenvalue weighted by Gasteiger charge is 1.99. The van der Waals surface area contributed by atoms with Crippen LogP contribution in [-0.2, 0) is 0 Å². The summed E-state index contributed by atoms with van der Waals surface area (Å²) >= 11 is 0. The molecule has 1 aromatic carbocycles. The number of aryl methyl sites for hydroxylation is 1. The zero-order valence-corrected chi connectivity index (χ0v) is 7.41. The lowest BCUT2D eigenvalue weighted by Crippen LogP contribution is -1.98. The van der Waals surface area contributed by atoms with Gasteiger partial charge in [-0.1, -0.05) is 41.9 Å².